The van der Waals surface area contributed by atoms with E-state index in [9.17, 15) is 23.3 Å². The molecule has 0 bridgehead atoms. The standard InChI is InChI=1S/C31H30F3N5O6/c1-30(19-38-18-28(39(40)41)36-29(38)45-30)20-42-24-8-4-23(5-9-24)37-16-14-22(15-17-37)35-21-2-6-25(7-3-21)43-26-10-12-27(13-11-26)44-31(32,33)34/h2-13,18,22,35H,14-17,19-20H2,1H3. The number of hydrogen-bond acceptors (Lipinski definition) is 9. The topological polar surface area (TPSA) is 113 Å². The van der Waals surface area contributed by atoms with Gasteiger partial charge in [0.25, 0.3) is 0 Å². The van der Waals surface area contributed by atoms with E-state index in [0.29, 0.717) is 29.8 Å². The third-order valence-corrected chi connectivity index (χ3v) is 7.52. The summed E-state index contributed by atoms with van der Waals surface area (Å²) in [6, 6.07) is 21.1. The fraction of sp³-hybridized carbons (Fsp3) is 0.323. The van der Waals surface area contributed by atoms with E-state index in [2.05, 4.69) is 19.9 Å². The van der Waals surface area contributed by atoms with E-state index < -0.39 is 16.9 Å². The lowest BCUT2D eigenvalue weighted by molar-refractivity contribution is -0.389. The van der Waals surface area contributed by atoms with Crippen LogP contribution in [0.15, 0.2) is 79.0 Å². The van der Waals surface area contributed by atoms with E-state index in [4.69, 9.17) is 14.2 Å². The summed E-state index contributed by atoms with van der Waals surface area (Å²) in [5.41, 5.74) is 1.39. The monoisotopic (exact) mass is 625 g/mol. The highest BCUT2D eigenvalue weighted by Crippen LogP contribution is 2.32. The Morgan fingerprint density at radius 1 is 0.978 bits per heavy atom. The van der Waals surface area contributed by atoms with E-state index >= 15 is 0 Å². The first-order chi connectivity index (χ1) is 21.5. The average Bonchev–Trinajstić information content (AvgIpc) is 3.54. The number of imidazole rings is 1. The molecule has 0 radical (unpaired) electrons. The number of fused-ring (bicyclic) bond motifs is 1. The van der Waals surface area contributed by atoms with Crippen LogP contribution in [0, 0.1) is 10.1 Å². The zero-order chi connectivity index (χ0) is 31.6. The molecule has 1 aromatic heterocycles. The van der Waals surface area contributed by atoms with E-state index in [-0.39, 0.29) is 24.2 Å². The van der Waals surface area contributed by atoms with E-state index in [1.165, 1.54) is 30.5 Å². The smallest absolute Gasteiger partial charge is 0.489 e. The number of nitro groups is 1. The third kappa shape index (κ3) is 7.51. The highest BCUT2D eigenvalue weighted by molar-refractivity contribution is 5.51. The van der Waals surface area contributed by atoms with Crippen LogP contribution >= 0.6 is 0 Å². The van der Waals surface area contributed by atoms with Gasteiger partial charge >= 0.3 is 18.2 Å². The SMILES string of the molecule is CC1(COc2ccc(N3CCC(Nc4ccc(Oc5ccc(OC(F)(F)F)cc5)cc4)CC3)cc2)Cn2cc([N+](=O)[O-])nc2O1. The summed E-state index contributed by atoms with van der Waals surface area (Å²) in [5.74, 6) is 1.13. The van der Waals surface area contributed by atoms with Crippen LogP contribution < -0.4 is 29.2 Å². The maximum absolute atomic E-state index is 12.3. The fourth-order valence-electron chi connectivity index (χ4n) is 5.33. The first kappa shape index (κ1) is 29.9. The number of hydrogen-bond donors (Lipinski definition) is 1. The third-order valence-electron chi connectivity index (χ3n) is 7.52. The van der Waals surface area contributed by atoms with E-state index in [1.54, 1.807) is 16.7 Å². The van der Waals surface area contributed by atoms with Gasteiger partial charge in [-0.25, -0.2) is 0 Å². The summed E-state index contributed by atoms with van der Waals surface area (Å²) in [6.45, 7) is 4.32. The number of halogens is 3. The highest BCUT2D eigenvalue weighted by atomic mass is 19.4. The van der Waals surface area contributed by atoms with Gasteiger partial charge in [-0.1, -0.05) is 0 Å². The number of aromatic nitrogens is 2. The zero-order valence-electron chi connectivity index (χ0n) is 24.2. The Bertz CT molecular complexity index is 1600. The lowest BCUT2D eigenvalue weighted by atomic mass is 10.0. The van der Waals surface area contributed by atoms with Crippen molar-refractivity contribution in [1.29, 1.82) is 0 Å². The van der Waals surface area contributed by atoms with Gasteiger partial charge in [-0.05, 0) is 97.5 Å². The Hall–Kier alpha value is -5.14. The molecular weight excluding hydrogens is 595 g/mol. The van der Waals surface area contributed by atoms with Crippen molar-refractivity contribution >= 4 is 17.2 Å². The van der Waals surface area contributed by atoms with Crippen LogP contribution in [0.5, 0.6) is 29.0 Å². The summed E-state index contributed by atoms with van der Waals surface area (Å²) in [6.07, 6.45) is -1.47. The van der Waals surface area contributed by atoms with Gasteiger partial charge in [0.15, 0.2) is 5.60 Å². The minimum absolute atomic E-state index is 0.220. The second-order valence-corrected chi connectivity index (χ2v) is 11.2. The average molecular weight is 626 g/mol. The minimum atomic E-state index is -4.74. The van der Waals surface area contributed by atoms with Crippen molar-refractivity contribution in [2.45, 2.75) is 44.3 Å². The lowest BCUT2D eigenvalue weighted by Crippen LogP contribution is -2.39. The van der Waals surface area contributed by atoms with Crippen LogP contribution in [0.3, 0.4) is 0 Å². The number of alkyl halides is 3. The van der Waals surface area contributed by atoms with E-state index in [0.717, 1.165) is 37.3 Å². The number of anilines is 2. The molecule has 1 atom stereocenters. The maximum Gasteiger partial charge on any atom is 0.573 e. The van der Waals surface area contributed by atoms with Crippen molar-refractivity contribution in [3.63, 3.8) is 0 Å². The molecule has 0 aliphatic carbocycles. The molecular formula is C31H30F3N5O6. The van der Waals surface area contributed by atoms with Crippen molar-refractivity contribution in [3.05, 3.63) is 89.1 Å². The molecule has 2 aliphatic rings. The summed E-state index contributed by atoms with van der Waals surface area (Å²) >= 11 is 0. The van der Waals surface area contributed by atoms with Gasteiger partial charge in [0.05, 0.1) is 6.54 Å². The van der Waals surface area contributed by atoms with Crippen molar-refractivity contribution < 1.29 is 37.0 Å². The number of nitrogens with zero attached hydrogens (tertiary/aromatic N) is 4. The molecule has 45 heavy (non-hydrogen) atoms. The Morgan fingerprint density at radius 2 is 1.58 bits per heavy atom. The van der Waals surface area contributed by atoms with Crippen molar-refractivity contribution in [3.8, 4) is 29.0 Å². The molecule has 3 heterocycles. The number of rotatable bonds is 10. The first-order valence-electron chi connectivity index (χ1n) is 14.3. The molecule has 1 unspecified atom stereocenters. The van der Waals surface area contributed by atoms with Crippen molar-refractivity contribution in [2.24, 2.45) is 0 Å². The highest BCUT2D eigenvalue weighted by Gasteiger charge is 2.41. The molecule has 0 spiro atoms. The lowest BCUT2D eigenvalue weighted by Gasteiger charge is -2.34. The number of nitrogens with one attached hydrogen (secondary N) is 1. The summed E-state index contributed by atoms with van der Waals surface area (Å²) in [7, 11) is 0. The molecule has 14 heteroatoms. The molecule has 1 fully saturated rings. The molecule has 2 aliphatic heterocycles. The Labute approximate surface area is 256 Å². The molecule has 1 N–H and O–H groups in total. The second kappa shape index (κ2) is 12.1. The molecule has 3 aromatic carbocycles. The predicted octanol–water partition coefficient (Wildman–Crippen LogP) is 6.79. The van der Waals surface area contributed by atoms with Gasteiger partial charge < -0.3 is 39.3 Å². The molecule has 4 aromatic rings. The predicted molar refractivity (Wildman–Crippen MR) is 158 cm³/mol. The number of piperidine rings is 1. The molecule has 0 saturated carbocycles. The van der Waals surface area contributed by atoms with Gasteiger partial charge in [-0.3, -0.25) is 4.57 Å². The van der Waals surface area contributed by atoms with Gasteiger partial charge in [0.2, 0.25) is 0 Å². The summed E-state index contributed by atoms with van der Waals surface area (Å²) in [4.78, 5) is 16.6. The van der Waals surface area contributed by atoms with Crippen LogP contribution in [-0.4, -0.2) is 52.2 Å². The summed E-state index contributed by atoms with van der Waals surface area (Å²) in [5, 5.41) is 14.5. The van der Waals surface area contributed by atoms with Gasteiger partial charge in [0, 0.05) is 35.5 Å². The van der Waals surface area contributed by atoms with Crippen LogP contribution in [0.4, 0.5) is 30.4 Å². The maximum atomic E-state index is 12.3. The fourth-order valence-corrected chi connectivity index (χ4v) is 5.33. The normalized spacial score (nSPS) is 18.2. The minimum Gasteiger partial charge on any atom is -0.489 e. The van der Waals surface area contributed by atoms with Crippen molar-refractivity contribution in [1.82, 2.24) is 9.55 Å². The Balaban J connectivity index is 0.933. The Morgan fingerprint density at radius 3 is 2.18 bits per heavy atom. The second-order valence-electron chi connectivity index (χ2n) is 11.2. The number of benzene rings is 3. The molecule has 0 amide bonds. The van der Waals surface area contributed by atoms with Gasteiger partial charge in [-0.2, -0.15) is 0 Å². The molecule has 236 valence electrons. The van der Waals surface area contributed by atoms with E-state index in [1.807, 2.05) is 43.3 Å². The molecule has 1 saturated heterocycles. The van der Waals surface area contributed by atoms with Crippen LogP contribution in [0.1, 0.15) is 19.8 Å². The number of ether oxygens (including phenoxy) is 4. The Kier molecular flexibility index (Phi) is 8.04. The molecule has 11 nitrogen and oxygen atoms in total. The van der Waals surface area contributed by atoms with Crippen molar-refractivity contribution in [2.75, 3.05) is 29.9 Å². The molecule has 6 rings (SSSR count). The quantitative estimate of drug-likeness (QED) is 0.150. The zero-order valence-corrected chi connectivity index (χ0v) is 24.2. The van der Waals surface area contributed by atoms with Gasteiger partial charge in [0.1, 0.15) is 35.8 Å². The van der Waals surface area contributed by atoms with Gasteiger partial charge in [-0.15, -0.1) is 13.2 Å². The van der Waals surface area contributed by atoms with Crippen LogP contribution in [0.2, 0.25) is 0 Å². The van der Waals surface area contributed by atoms with Crippen LogP contribution in [-0.2, 0) is 6.54 Å². The first-order valence-corrected chi connectivity index (χ1v) is 14.3. The largest absolute Gasteiger partial charge is 0.573 e. The summed E-state index contributed by atoms with van der Waals surface area (Å²) < 4.78 is 60.1. The van der Waals surface area contributed by atoms with Crippen LogP contribution in [0.25, 0.3) is 0 Å².